The van der Waals surface area contributed by atoms with Crippen molar-refractivity contribution in [1.82, 2.24) is 10.3 Å². The fourth-order valence-electron chi connectivity index (χ4n) is 2.93. The molecular formula is C17H20BF3N2O4. The van der Waals surface area contributed by atoms with E-state index >= 15 is 0 Å². The maximum Gasteiger partial charge on any atom is 0.494 e. The van der Waals surface area contributed by atoms with E-state index in [-0.39, 0.29) is 17.5 Å². The van der Waals surface area contributed by atoms with Crippen molar-refractivity contribution in [3.63, 3.8) is 0 Å². The number of rotatable bonds is 3. The summed E-state index contributed by atoms with van der Waals surface area (Å²) in [6.07, 6.45) is -5.86. The zero-order valence-corrected chi connectivity index (χ0v) is 15.3. The Morgan fingerprint density at radius 3 is 2.30 bits per heavy atom. The van der Waals surface area contributed by atoms with Crippen molar-refractivity contribution in [2.24, 2.45) is 0 Å². The van der Waals surface area contributed by atoms with Gasteiger partial charge in [-0.3, -0.25) is 0 Å². The van der Waals surface area contributed by atoms with Crippen LogP contribution in [0.25, 0.3) is 10.9 Å². The summed E-state index contributed by atoms with van der Waals surface area (Å²) in [6.45, 7) is 7.15. The zero-order chi connectivity index (χ0) is 20.2. The van der Waals surface area contributed by atoms with Gasteiger partial charge in [-0.25, -0.2) is 4.79 Å². The Morgan fingerprint density at radius 1 is 1.19 bits per heavy atom. The molecule has 0 aliphatic carbocycles. The lowest BCUT2D eigenvalue weighted by Gasteiger charge is -2.32. The Labute approximate surface area is 154 Å². The molecule has 2 heterocycles. The molecule has 1 aromatic heterocycles. The number of hydrogen-bond donors (Lipinski definition) is 3. The SMILES string of the molecule is CC1(C)OB(c2cc(C(F)(F)F)c3[nH]c(CNC(=O)O)cc3c2)OC1(C)C. The highest BCUT2D eigenvalue weighted by Gasteiger charge is 2.52. The Kier molecular flexibility index (Phi) is 4.47. The lowest BCUT2D eigenvalue weighted by Crippen LogP contribution is -2.41. The third kappa shape index (κ3) is 3.63. The number of fused-ring (bicyclic) bond motifs is 1. The van der Waals surface area contributed by atoms with Crippen molar-refractivity contribution in [1.29, 1.82) is 0 Å². The molecule has 1 amide bonds. The number of amides is 1. The smallest absolute Gasteiger partial charge is 0.465 e. The number of aromatic amines is 1. The lowest BCUT2D eigenvalue weighted by atomic mass is 9.77. The molecule has 3 N–H and O–H groups in total. The molecule has 6 nitrogen and oxygen atoms in total. The van der Waals surface area contributed by atoms with Gasteiger partial charge in [0.05, 0.1) is 28.8 Å². The molecule has 1 aromatic carbocycles. The minimum Gasteiger partial charge on any atom is -0.465 e. The van der Waals surface area contributed by atoms with Crippen molar-refractivity contribution in [2.75, 3.05) is 0 Å². The van der Waals surface area contributed by atoms with Gasteiger partial charge in [0.15, 0.2) is 0 Å². The van der Waals surface area contributed by atoms with Crippen LogP contribution in [0.1, 0.15) is 39.0 Å². The second-order valence-electron chi connectivity index (χ2n) is 7.57. The number of H-pyrrole nitrogens is 1. The van der Waals surface area contributed by atoms with Crippen LogP contribution in [-0.4, -0.2) is 34.5 Å². The highest BCUT2D eigenvalue weighted by atomic mass is 19.4. The largest absolute Gasteiger partial charge is 0.494 e. The monoisotopic (exact) mass is 384 g/mol. The quantitative estimate of drug-likeness (QED) is 0.710. The van der Waals surface area contributed by atoms with E-state index in [4.69, 9.17) is 14.4 Å². The minimum atomic E-state index is -4.60. The molecule has 3 rings (SSSR count). The summed E-state index contributed by atoms with van der Waals surface area (Å²) in [6, 6.07) is 4.05. The summed E-state index contributed by atoms with van der Waals surface area (Å²) in [5.41, 5.74) is -1.75. The van der Waals surface area contributed by atoms with Gasteiger partial charge in [0.25, 0.3) is 0 Å². The van der Waals surface area contributed by atoms with Crippen molar-refractivity contribution in [3.05, 3.63) is 29.5 Å². The minimum absolute atomic E-state index is 0.107. The molecule has 146 valence electrons. The molecule has 0 atom stereocenters. The molecule has 27 heavy (non-hydrogen) atoms. The van der Waals surface area contributed by atoms with Gasteiger partial charge in [-0.05, 0) is 50.7 Å². The first-order valence-electron chi connectivity index (χ1n) is 8.35. The van der Waals surface area contributed by atoms with Gasteiger partial charge in [-0.2, -0.15) is 13.2 Å². The fourth-order valence-corrected chi connectivity index (χ4v) is 2.93. The number of alkyl halides is 3. The van der Waals surface area contributed by atoms with Crippen LogP contribution in [0.4, 0.5) is 18.0 Å². The third-order valence-electron chi connectivity index (χ3n) is 5.07. The number of aromatic nitrogens is 1. The van der Waals surface area contributed by atoms with Crippen LogP contribution < -0.4 is 10.8 Å². The van der Waals surface area contributed by atoms with Crippen LogP contribution in [0.2, 0.25) is 0 Å². The molecule has 0 spiro atoms. The predicted molar refractivity (Wildman–Crippen MR) is 93.9 cm³/mol. The Hall–Kier alpha value is -2.20. The van der Waals surface area contributed by atoms with Crippen LogP contribution in [-0.2, 0) is 22.0 Å². The molecule has 0 radical (unpaired) electrons. The van der Waals surface area contributed by atoms with Gasteiger partial charge in [0, 0.05) is 5.69 Å². The number of benzene rings is 1. The summed E-state index contributed by atoms with van der Waals surface area (Å²) in [5, 5.41) is 11.1. The number of carbonyl (C=O) groups is 1. The Bertz CT molecular complexity index is 876. The molecule has 1 aliphatic heterocycles. The van der Waals surface area contributed by atoms with Gasteiger partial charge >= 0.3 is 19.4 Å². The van der Waals surface area contributed by atoms with E-state index in [0.29, 0.717) is 11.1 Å². The highest BCUT2D eigenvalue weighted by Crippen LogP contribution is 2.38. The number of halogens is 3. The van der Waals surface area contributed by atoms with Crippen LogP contribution in [0.5, 0.6) is 0 Å². The van der Waals surface area contributed by atoms with Gasteiger partial charge in [-0.15, -0.1) is 0 Å². The maximum atomic E-state index is 13.6. The molecule has 0 unspecified atom stereocenters. The molecule has 2 aromatic rings. The van der Waals surface area contributed by atoms with E-state index in [1.54, 1.807) is 6.07 Å². The fraction of sp³-hybridized carbons (Fsp3) is 0.471. The number of nitrogens with one attached hydrogen (secondary N) is 2. The molecule has 1 saturated heterocycles. The molecule has 1 fully saturated rings. The van der Waals surface area contributed by atoms with Gasteiger partial charge in [0.2, 0.25) is 0 Å². The summed E-state index contributed by atoms with van der Waals surface area (Å²) in [7, 11) is -0.934. The topological polar surface area (TPSA) is 83.6 Å². The van der Waals surface area contributed by atoms with Gasteiger partial charge < -0.3 is 24.7 Å². The normalized spacial score (nSPS) is 18.9. The standard InChI is InChI=1S/C17H20BF3N2O4/c1-15(2)16(3,4)27-18(26-15)10-5-9-6-11(8-22-14(24)25)23-13(9)12(7-10)17(19,20)21/h5-7,22-23H,8H2,1-4H3,(H,24,25). The van der Waals surface area contributed by atoms with E-state index in [1.165, 1.54) is 6.07 Å². The van der Waals surface area contributed by atoms with Crippen LogP contribution >= 0.6 is 0 Å². The summed E-state index contributed by atoms with van der Waals surface area (Å²) in [5.74, 6) is 0. The summed E-state index contributed by atoms with van der Waals surface area (Å²) < 4.78 is 52.5. The average Bonchev–Trinajstić information content (AvgIpc) is 3.01. The van der Waals surface area contributed by atoms with Crippen molar-refractivity contribution < 1.29 is 32.4 Å². The second kappa shape index (κ2) is 6.17. The number of hydrogen-bond acceptors (Lipinski definition) is 3. The number of carboxylic acid groups (broad SMARTS) is 1. The van der Waals surface area contributed by atoms with E-state index in [0.717, 1.165) is 6.07 Å². The van der Waals surface area contributed by atoms with E-state index in [1.807, 2.05) is 27.7 Å². The molecule has 1 aliphatic rings. The first-order valence-corrected chi connectivity index (χ1v) is 8.35. The predicted octanol–water partition coefficient (Wildman–Crippen LogP) is 3.25. The van der Waals surface area contributed by atoms with Crippen LogP contribution in [0.15, 0.2) is 18.2 Å². The third-order valence-corrected chi connectivity index (χ3v) is 5.07. The first kappa shape index (κ1) is 19.6. The zero-order valence-electron chi connectivity index (χ0n) is 15.3. The van der Waals surface area contributed by atoms with Gasteiger partial charge in [0.1, 0.15) is 0 Å². The van der Waals surface area contributed by atoms with Crippen molar-refractivity contribution in [3.8, 4) is 0 Å². The molecule has 0 bridgehead atoms. The Morgan fingerprint density at radius 2 is 1.78 bits per heavy atom. The molecule has 0 saturated carbocycles. The van der Waals surface area contributed by atoms with Gasteiger partial charge in [-0.1, -0.05) is 6.07 Å². The first-order chi connectivity index (χ1) is 12.3. The second-order valence-corrected chi connectivity index (χ2v) is 7.57. The van der Waals surface area contributed by atoms with E-state index in [9.17, 15) is 18.0 Å². The van der Waals surface area contributed by atoms with Crippen molar-refractivity contribution in [2.45, 2.75) is 51.6 Å². The average molecular weight is 384 g/mol. The highest BCUT2D eigenvalue weighted by molar-refractivity contribution is 6.62. The van der Waals surface area contributed by atoms with Crippen LogP contribution in [0, 0.1) is 0 Å². The van der Waals surface area contributed by atoms with Crippen molar-refractivity contribution >= 4 is 29.6 Å². The van der Waals surface area contributed by atoms with E-state index in [2.05, 4.69) is 10.3 Å². The summed E-state index contributed by atoms with van der Waals surface area (Å²) >= 11 is 0. The Balaban J connectivity index is 2.06. The maximum absolute atomic E-state index is 13.6. The van der Waals surface area contributed by atoms with Crippen LogP contribution in [0.3, 0.4) is 0 Å². The molecular weight excluding hydrogens is 364 g/mol. The summed E-state index contributed by atoms with van der Waals surface area (Å²) in [4.78, 5) is 13.3. The lowest BCUT2D eigenvalue weighted by molar-refractivity contribution is -0.136. The van der Waals surface area contributed by atoms with E-state index < -0.39 is 36.2 Å². The molecule has 10 heteroatoms.